The fourth-order valence-corrected chi connectivity index (χ4v) is 3.02. The van der Waals surface area contributed by atoms with Gasteiger partial charge in [-0.2, -0.15) is 0 Å². The van der Waals surface area contributed by atoms with Crippen molar-refractivity contribution in [1.82, 2.24) is 10.2 Å². The third kappa shape index (κ3) is 4.46. The summed E-state index contributed by atoms with van der Waals surface area (Å²) in [5.41, 5.74) is 5.25. The molecule has 0 spiro atoms. The number of carbonyl (C=O) groups is 2. The third-order valence-corrected chi connectivity index (χ3v) is 4.52. The molecule has 7 heteroatoms. The molecular weight excluding hydrogens is 310 g/mol. The van der Waals surface area contributed by atoms with Crippen molar-refractivity contribution in [2.75, 3.05) is 39.4 Å². The van der Waals surface area contributed by atoms with E-state index in [-0.39, 0.29) is 6.03 Å². The lowest BCUT2D eigenvalue weighted by molar-refractivity contribution is -0.145. The average Bonchev–Trinajstić information content (AvgIpc) is 2.64. The summed E-state index contributed by atoms with van der Waals surface area (Å²) >= 11 is 0. The van der Waals surface area contributed by atoms with E-state index >= 15 is 0 Å². The molecule has 2 aliphatic rings. The number of nitrogens with two attached hydrogens (primary N) is 1. The molecule has 2 aliphatic heterocycles. The monoisotopic (exact) mass is 335 g/mol. The van der Waals surface area contributed by atoms with Crippen molar-refractivity contribution in [1.29, 1.82) is 0 Å². The summed E-state index contributed by atoms with van der Waals surface area (Å²) < 4.78 is 5.00. The Morgan fingerprint density at radius 3 is 2.17 bits per heavy atom. The number of morpholine rings is 1. The molecule has 0 aromatic heterocycles. The molecule has 2 fully saturated rings. The SMILES string of the molecule is NC(=O)N1CCOCC1.O=C(O)C1(c2ccccc2)CCNCC1. The molecular formula is C17H25N3O4. The number of hydrogen-bond donors (Lipinski definition) is 3. The summed E-state index contributed by atoms with van der Waals surface area (Å²) in [6.07, 6.45) is 1.35. The topological polar surface area (TPSA) is 105 Å². The van der Waals surface area contributed by atoms with Gasteiger partial charge in [0.1, 0.15) is 0 Å². The molecule has 7 nitrogen and oxygen atoms in total. The number of rotatable bonds is 2. The summed E-state index contributed by atoms with van der Waals surface area (Å²) in [5, 5.41) is 12.6. The highest BCUT2D eigenvalue weighted by Gasteiger charge is 2.40. The van der Waals surface area contributed by atoms with E-state index in [0.29, 0.717) is 39.1 Å². The summed E-state index contributed by atoms with van der Waals surface area (Å²) in [4.78, 5) is 23.5. The van der Waals surface area contributed by atoms with E-state index in [0.717, 1.165) is 18.7 Å². The van der Waals surface area contributed by atoms with Crippen LogP contribution in [0.3, 0.4) is 0 Å². The number of ether oxygens (including phenoxy) is 1. The smallest absolute Gasteiger partial charge is 0.314 e. The van der Waals surface area contributed by atoms with Gasteiger partial charge in [0, 0.05) is 13.1 Å². The Balaban J connectivity index is 0.000000198. The number of nitrogens with zero attached hydrogens (tertiary/aromatic N) is 1. The van der Waals surface area contributed by atoms with Gasteiger partial charge in [0.15, 0.2) is 0 Å². The molecule has 2 saturated heterocycles. The van der Waals surface area contributed by atoms with Crippen LogP contribution in [0, 0.1) is 0 Å². The fourth-order valence-electron chi connectivity index (χ4n) is 3.02. The Kier molecular flexibility index (Phi) is 6.57. The van der Waals surface area contributed by atoms with Gasteiger partial charge in [-0.05, 0) is 31.5 Å². The van der Waals surface area contributed by atoms with E-state index in [1.807, 2.05) is 30.3 Å². The van der Waals surface area contributed by atoms with E-state index in [1.54, 1.807) is 4.90 Å². The number of carboxylic acids is 1. The lowest BCUT2D eigenvalue weighted by Gasteiger charge is -2.34. The van der Waals surface area contributed by atoms with Crippen LogP contribution < -0.4 is 11.1 Å². The second kappa shape index (κ2) is 8.65. The van der Waals surface area contributed by atoms with Gasteiger partial charge in [-0.3, -0.25) is 4.79 Å². The van der Waals surface area contributed by atoms with Crippen LogP contribution in [0.2, 0.25) is 0 Å². The first kappa shape index (κ1) is 18.2. The number of amides is 2. The molecule has 0 bridgehead atoms. The van der Waals surface area contributed by atoms with Crippen LogP contribution in [0.25, 0.3) is 0 Å². The minimum Gasteiger partial charge on any atom is -0.481 e. The number of piperidine rings is 1. The summed E-state index contributed by atoms with van der Waals surface area (Å²) in [6, 6.07) is 9.21. The highest BCUT2D eigenvalue weighted by atomic mass is 16.5. The molecule has 132 valence electrons. The van der Waals surface area contributed by atoms with Crippen LogP contribution in [-0.2, 0) is 14.9 Å². The van der Waals surface area contributed by atoms with Gasteiger partial charge in [-0.15, -0.1) is 0 Å². The van der Waals surface area contributed by atoms with Crippen molar-refractivity contribution in [3.63, 3.8) is 0 Å². The molecule has 0 atom stereocenters. The first-order valence-electron chi connectivity index (χ1n) is 8.18. The Morgan fingerprint density at radius 2 is 1.71 bits per heavy atom. The third-order valence-electron chi connectivity index (χ3n) is 4.52. The summed E-state index contributed by atoms with van der Waals surface area (Å²) in [6.45, 7) is 4.05. The van der Waals surface area contributed by atoms with Crippen LogP contribution in [0.1, 0.15) is 18.4 Å². The second-order valence-electron chi connectivity index (χ2n) is 5.94. The van der Waals surface area contributed by atoms with Crippen LogP contribution >= 0.6 is 0 Å². The predicted molar refractivity (Wildman–Crippen MR) is 89.8 cm³/mol. The molecule has 24 heavy (non-hydrogen) atoms. The van der Waals surface area contributed by atoms with Crippen molar-refractivity contribution >= 4 is 12.0 Å². The maximum atomic E-state index is 11.4. The second-order valence-corrected chi connectivity index (χ2v) is 5.94. The predicted octanol–water partition coefficient (Wildman–Crippen LogP) is 0.790. The number of hydrogen-bond acceptors (Lipinski definition) is 4. The zero-order chi connectivity index (χ0) is 17.4. The first-order chi connectivity index (χ1) is 11.6. The highest BCUT2D eigenvalue weighted by Crippen LogP contribution is 2.33. The van der Waals surface area contributed by atoms with E-state index < -0.39 is 11.4 Å². The number of carboxylic acid groups (broad SMARTS) is 1. The molecule has 1 aromatic carbocycles. The van der Waals surface area contributed by atoms with Gasteiger partial charge in [0.05, 0.1) is 18.6 Å². The molecule has 0 saturated carbocycles. The number of nitrogens with one attached hydrogen (secondary N) is 1. The van der Waals surface area contributed by atoms with Crippen LogP contribution in [0.15, 0.2) is 30.3 Å². The number of primary amides is 1. The largest absolute Gasteiger partial charge is 0.481 e. The number of aliphatic carboxylic acids is 1. The summed E-state index contributed by atoms with van der Waals surface area (Å²) in [7, 11) is 0. The van der Waals surface area contributed by atoms with Gasteiger partial charge in [-0.1, -0.05) is 30.3 Å². The quantitative estimate of drug-likeness (QED) is 0.741. The van der Waals surface area contributed by atoms with Gasteiger partial charge < -0.3 is 25.8 Å². The number of urea groups is 1. The molecule has 3 rings (SSSR count). The van der Waals surface area contributed by atoms with E-state index in [1.165, 1.54) is 0 Å². The van der Waals surface area contributed by atoms with Gasteiger partial charge in [0.25, 0.3) is 0 Å². The first-order valence-corrected chi connectivity index (χ1v) is 8.18. The fraction of sp³-hybridized carbons (Fsp3) is 0.529. The van der Waals surface area contributed by atoms with Gasteiger partial charge >= 0.3 is 12.0 Å². The molecule has 2 heterocycles. The zero-order valence-electron chi connectivity index (χ0n) is 13.7. The maximum absolute atomic E-state index is 11.4. The molecule has 0 aliphatic carbocycles. The summed E-state index contributed by atoms with van der Waals surface area (Å²) in [5.74, 6) is -0.699. The van der Waals surface area contributed by atoms with Crippen LogP contribution in [0.4, 0.5) is 4.79 Å². The van der Waals surface area contributed by atoms with Crippen LogP contribution in [-0.4, -0.2) is 61.4 Å². The highest BCUT2D eigenvalue weighted by molar-refractivity contribution is 5.81. The van der Waals surface area contributed by atoms with Crippen molar-refractivity contribution in [3.8, 4) is 0 Å². The normalized spacial score (nSPS) is 19.8. The molecule has 0 unspecified atom stereocenters. The van der Waals surface area contributed by atoms with Gasteiger partial charge in [0.2, 0.25) is 0 Å². The Bertz CT molecular complexity index is 538. The zero-order valence-corrected chi connectivity index (χ0v) is 13.7. The number of benzene rings is 1. The molecule has 0 radical (unpaired) electrons. The van der Waals surface area contributed by atoms with Crippen LogP contribution in [0.5, 0.6) is 0 Å². The van der Waals surface area contributed by atoms with Gasteiger partial charge in [-0.25, -0.2) is 4.79 Å². The Morgan fingerprint density at radius 1 is 1.12 bits per heavy atom. The van der Waals surface area contributed by atoms with E-state index in [9.17, 15) is 14.7 Å². The van der Waals surface area contributed by atoms with E-state index in [4.69, 9.17) is 10.5 Å². The minimum atomic E-state index is -0.699. The number of carbonyl (C=O) groups excluding carboxylic acids is 1. The molecule has 1 aromatic rings. The maximum Gasteiger partial charge on any atom is 0.314 e. The Hall–Kier alpha value is -2.12. The molecule has 4 N–H and O–H groups in total. The lowest BCUT2D eigenvalue weighted by atomic mass is 9.73. The Labute approximate surface area is 141 Å². The van der Waals surface area contributed by atoms with Crippen molar-refractivity contribution in [2.45, 2.75) is 18.3 Å². The van der Waals surface area contributed by atoms with E-state index in [2.05, 4.69) is 5.32 Å². The lowest BCUT2D eigenvalue weighted by Crippen LogP contribution is -2.45. The standard InChI is InChI=1S/C12H15NO2.C5H10N2O2/c14-11(15)12(6-8-13-9-7-12)10-4-2-1-3-5-10;6-5(8)7-1-3-9-4-2-7/h1-5,13H,6-9H2,(H,14,15);1-4H2,(H2,6,8). The minimum absolute atomic E-state index is 0.349. The van der Waals surface area contributed by atoms with Crippen molar-refractivity contribution in [2.24, 2.45) is 5.73 Å². The average molecular weight is 335 g/mol. The molecule has 2 amide bonds. The van der Waals surface area contributed by atoms with Crippen molar-refractivity contribution in [3.05, 3.63) is 35.9 Å². The van der Waals surface area contributed by atoms with Crippen molar-refractivity contribution < 1.29 is 19.4 Å².